The van der Waals surface area contributed by atoms with Crippen LogP contribution in [0.15, 0.2) is 79.1 Å². The molecule has 2 heterocycles. The first-order valence-electron chi connectivity index (χ1n) is 10.4. The zero-order valence-corrected chi connectivity index (χ0v) is 18.0. The quantitative estimate of drug-likeness (QED) is 0.571. The Balaban J connectivity index is 1.46. The van der Waals surface area contributed by atoms with Crippen molar-refractivity contribution < 1.29 is 9.47 Å². The minimum absolute atomic E-state index is 0.680. The Kier molecular flexibility index (Phi) is 6.69. The Bertz CT molecular complexity index is 988. The van der Waals surface area contributed by atoms with Crippen LogP contribution >= 0.6 is 0 Å². The Morgan fingerprint density at radius 1 is 0.903 bits per heavy atom. The van der Waals surface area contributed by atoms with Crippen LogP contribution in [0, 0.1) is 0 Å². The molecule has 0 bridgehead atoms. The van der Waals surface area contributed by atoms with Gasteiger partial charge in [-0.1, -0.05) is 18.2 Å². The van der Waals surface area contributed by atoms with Crippen LogP contribution in [0.5, 0.6) is 11.5 Å². The monoisotopic (exact) mass is 416 g/mol. The van der Waals surface area contributed by atoms with E-state index in [1.807, 2.05) is 48.7 Å². The molecule has 0 fully saturated rings. The van der Waals surface area contributed by atoms with Crippen LogP contribution < -0.4 is 14.9 Å². The third kappa shape index (κ3) is 5.35. The maximum atomic E-state index is 5.32. The van der Waals surface area contributed by atoms with Crippen molar-refractivity contribution in [1.29, 1.82) is 0 Å². The summed E-state index contributed by atoms with van der Waals surface area (Å²) in [7, 11) is 3.38. The lowest BCUT2D eigenvalue weighted by Crippen LogP contribution is -2.36. The highest BCUT2D eigenvalue weighted by atomic mass is 16.5. The molecule has 0 saturated heterocycles. The average Bonchev–Trinajstić information content (AvgIpc) is 3.25. The number of nitrogens with zero attached hydrogens (tertiary/aromatic N) is 3. The molecule has 1 aromatic heterocycles. The average molecular weight is 417 g/mol. The predicted molar refractivity (Wildman–Crippen MR) is 122 cm³/mol. The first-order chi connectivity index (χ1) is 15.2. The Morgan fingerprint density at radius 2 is 1.61 bits per heavy atom. The number of methoxy groups -OCH3 is 2. The summed E-state index contributed by atoms with van der Waals surface area (Å²) in [6, 6.07) is 22.5. The third-order valence-corrected chi connectivity index (χ3v) is 5.35. The van der Waals surface area contributed by atoms with E-state index < -0.39 is 0 Å². The second-order valence-corrected chi connectivity index (χ2v) is 7.37. The van der Waals surface area contributed by atoms with Crippen molar-refractivity contribution in [2.24, 2.45) is 0 Å². The predicted octanol–water partition coefficient (Wildman–Crippen LogP) is 3.92. The van der Waals surface area contributed by atoms with Crippen LogP contribution in [-0.4, -0.2) is 42.3 Å². The Labute approximate surface area is 183 Å². The van der Waals surface area contributed by atoms with Gasteiger partial charge in [0.15, 0.2) is 0 Å². The molecule has 0 amide bonds. The van der Waals surface area contributed by atoms with Gasteiger partial charge < -0.3 is 14.4 Å². The van der Waals surface area contributed by atoms with E-state index in [0.717, 1.165) is 42.4 Å². The first-order valence-corrected chi connectivity index (χ1v) is 10.4. The molecule has 1 aliphatic heterocycles. The Hall–Kier alpha value is -3.51. The molecule has 1 aliphatic rings. The molecule has 4 rings (SSSR count). The van der Waals surface area contributed by atoms with E-state index in [4.69, 9.17) is 9.47 Å². The van der Waals surface area contributed by atoms with Crippen LogP contribution in [0.3, 0.4) is 0 Å². The maximum absolute atomic E-state index is 5.32. The molecule has 0 radical (unpaired) electrons. The highest BCUT2D eigenvalue weighted by Crippen LogP contribution is 2.27. The van der Waals surface area contributed by atoms with Crippen LogP contribution in [0.25, 0.3) is 5.70 Å². The van der Waals surface area contributed by atoms with Crippen molar-refractivity contribution in [2.45, 2.75) is 13.0 Å². The SMILES string of the molecule is COc1ccc(CCN2CN(NCc3ccccn3)C=C2c2ccc(OC)cc2)cc1. The second-order valence-electron chi connectivity index (χ2n) is 7.37. The van der Waals surface area contributed by atoms with Gasteiger partial charge in [-0.15, -0.1) is 0 Å². The maximum Gasteiger partial charge on any atom is 0.118 e. The number of ether oxygens (including phenoxy) is 2. The summed E-state index contributed by atoms with van der Waals surface area (Å²) in [5.41, 5.74) is 8.12. The van der Waals surface area contributed by atoms with Gasteiger partial charge in [0.1, 0.15) is 18.2 Å². The zero-order chi connectivity index (χ0) is 21.5. The van der Waals surface area contributed by atoms with E-state index in [9.17, 15) is 0 Å². The molecule has 160 valence electrons. The Morgan fingerprint density at radius 3 is 2.26 bits per heavy atom. The highest BCUT2D eigenvalue weighted by molar-refractivity contribution is 5.65. The second kappa shape index (κ2) is 10.00. The molecule has 0 atom stereocenters. The number of hydrogen-bond acceptors (Lipinski definition) is 6. The summed E-state index contributed by atoms with van der Waals surface area (Å²) in [6.07, 6.45) is 4.94. The standard InChI is InChI=1S/C25H28N4O2/c1-30-23-10-6-20(7-11-23)14-16-28-19-29(27-17-22-5-3-4-15-26-22)18-25(28)21-8-12-24(31-2)13-9-21/h3-13,15,18,27H,14,16-17,19H2,1-2H3. The van der Waals surface area contributed by atoms with E-state index >= 15 is 0 Å². The minimum atomic E-state index is 0.680. The van der Waals surface area contributed by atoms with Gasteiger partial charge in [-0.05, 0) is 66.1 Å². The fraction of sp³-hybridized carbons (Fsp3) is 0.240. The normalized spacial score (nSPS) is 13.3. The van der Waals surface area contributed by atoms with Gasteiger partial charge in [0.05, 0.1) is 32.2 Å². The highest BCUT2D eigenvalue weighted by Gasteiger charge is 2.22. The van der Waals surface area contributed by atoms with Crippen LogP contribution in [0.2, 0.25) is 0 Å². The summed E-state index contributed by atoms with van der Waals surface area (Å²) in [5, 5.41) is 2.13. The summed E-state index contributed by atoms with van der Waals surface area (Å²) in [6.45, 7) is 2.36. The number of hydrogen-bond donors (Lipinski definition) is 1. The lowest BCUT2D eigenvalue weighted by Gasteiger charge is -2.24. The molecule has 0 saturated carbocycles. The van der Waals surface area contributed by atoms with Crippen molar-refractivity contribution in [1.82, 2.24) is 20.3 Å². The third-order valence-electron chi connectivity index (χ3n) is 5.35. The van der Waals surface area contributed by atoms with E-state index in [1.165, 1.54) is 11.3 Å². The van der Waals surface area contributed by atoms with E-state index in [0.29, 0.717) is 6.54 Å². The largest absolute Gasteiger partial charge is 0.497 e. The van der Waals surface area contributed by atoms with Gasteiger partial charge in [0.2, 0.25) is 0 Å². The number of rotatable bonds is 9. The summed E-state index contributed by atoms with van der Waals surface area (Å²) in [5.74, 6) is 1.74. The molecule has 1 N–H and O–H groups in total. The van der Waals surface area contributed by atoms with Gasteiger partial charge in [-0.25, -0.2) is 5.43 Å². The summed E-state index contributed by atoms with van der Waals surface area (Å²) < 4.78 is 10.6. The van der Waals surface area contributed by atoms with Crippen molar-refractivity contribution in [3.63, 3.8) is 0 Å². The van der Waals surface area contributed by atoms with E-state index in [2.05, 4.69) is 50.8 Å². The molecule has 0 aliphatic carbocycles. The molecule has 0 unspecified atom stereocenters. The van der Waals surface area contributed by atoms with Crippen LogP contribution in [-0.2, 0) is 13.0 Å². The fourth-order valence-electron chi connectivity index (χ4n) is 3.58. The zero-order valence-electron chi connectivity index (χ0n) is 18.0. The molecular weight excluding hydrogens is 388 g/mol. The van der Waals surface area contributed by atoms with Gasteiger partial charge in [0.25, 0.3) is 0 Å². The molecule has 6 heteroatoms. The fourth-order valence-corrected chi connectivity index (χ4v) is 3.58. The van der Waals surface area contributed by atoms with Gasteiger partial charge in [-0.2, -0.15) is 0 Å². The van der Waals surface area contributed by atoms with Crippen LogP contribution in [0.4, 0.5) is 0 Å². The number of pyridine rings is 1. The van der Waals surface area contributed by atoms with Crippen LogP contribution in [0.1, 0.15) is 16.8 Å². The van der Waals surface area contributed by atoms with Gasteiger partial charge in [-0.3, -0.25) is 9.99 Å². The molecular formula is C25H28N4O2. The minimum Gasteiger partial charge on any atom is -0.497 e. The smallest absolute Gasteiger partial charge is 0.118 e. The van der Waals surface area contributed by atoms with Crippen molar-refractivity contribution in [3.8, 4) is 11.5 Å². The number of aromatic nitrogens is 1. The number of nitrogens with one attached hydrogen (secondary N) is 1. The topological polar surface area (TPSA) is 49.9 Å². The van der Waals surface area contributed by atoms with Crippen molar-refractivity contribution >= 4 is 5.70 Å². The van der Waals surface area contributed by atoms with E-state index in [1.54, 1.807) is 14.2 Å². The van der Waals surface area contributed by atoms with E-state index in [-0.39, 0.29) is 0 Å². The van der Waals surface area contributed by atoms with Crippen molar-refractivity contribution in [2.75, 3.05) is 27.4 Å². The molecule has 6 nitrogen and oxygen atoms in total. The molecule has 0 spiro atoms. The number of hydrazine groups is 1. The summed E-state index contributed by atoms with van der Waals surface area (Å²) in [4.78, 5) is 6.78. The lowest BCUT2D eigenvalue weighted by atomic mass is 10.1. The molecule has 2 aromatic carbocycles. The molecule has 3 aromatic rings. The lowest BCUT2D eigenvalue weighted by molar-refractivity contribution is 0.206. The van der Waals surface area contributed by atoms with Crippen molar-refractivity contribution in [3.05, 3.63) is 95.9 Å². The first kappa shape index (κ1) is 20.8. The van der Waals surface area contributed by atoms with Gasteiger partial charge >= 0.3 is 0 Å². The van der Waals surface area contributed by atoms with Gasteiger partial charge in [0, 0.05) is 18.9 Å². The summed E-state index contributed by atoms with van der Waals surface area (Å²) >= 11 is 0. The number of benzene rings is 2. The molecule has 31 heavy (non-hydrogen) atoms.